The van der Waals surface area contributed by atoms with Crippen LogP contribution in [0.2, 0.25) is 0 Å². The summed E-state index contributed by atoms with van der Waals surface area (Å²) < 4.78 is 18.5. The number of rotatable bonds is 4. The SMILES string of the molecule is CC(=O)c1cc(F)ccc1N(C)CC1(O)CCOCC1. The molecular formula is C15H20FNO3. The number of carbonyl (C=O) groups is 1. The summed E-state index contributed by atoms with van der Waals surface area (Å²) in [4.78, 5) is 13.4. The van der Waals surface area contributed by atoms with Crippen molar-refractivity contribution in [2.24, 2.45) is 0 Å². The Morgan fingerprint density at radius 3 is 2.70 bits per heavy atom. The van der Waals surface area contributed by atoms with Gasteiger partial charge in [-0.2, -0.15) is 0 Å². The Labute approximate surface area is 118 Å². The summed E-state index contributed by atoms with van der Waals surface area (Å²) in [6.45, 7) is 2.87. The minimum absolute atomic E-state index is 0.190. The number of hydrogen-bond acceptors (Lipinski definition) is 4. The van der Waals surface area contributed by atoms with Crippen LogP contribution in [0.15, 0.2) is 18.2 Å². The molecule has 1 heterocycles. The molecule has 1 aromatic rings. The molecule has 0 aliphatic carbocycles. The van der Waals surface area contributed by atoms with Gasteiger partial charge in [-0.25, -0.2) is 4.39 Å². The van der Waals surface area contributed by atoms with Gasteiger partial charge in [-0.3, -0.25) is 4.79 Å². The predicted molar refractivity (Wildman–Crippen MR) is 74.7 cm³/mol. The lowest BCUT2D eigenvalue weighted by atomic mass is 9.93. The highest BCUT2D eigenvalue weighted by Crippen LogP contribution is 2.27. The van der Waals surface area contributed by atoms with Crippen LogP contribution in [0.1, 0.15) is 30.1 Å². The normalized spacial score (nSPS) is 17.8. The zero-order valence-corrected chi connectivity index (χ0v) is 11.9. The van der Waals surface area contributed by atoms with E-state index in [0.717, 1.165) is 0 Å². The van der Waals surface area contributed by atoms with Crippen molar-refractivity contribution in [3.8, 4) is 0 Å². The lowest BCUT2D eigenvalue weighted by molar-refractivity contribution is -0.0572. The van der Waals surface area contributed by atoms with Crippen molar-refractivity contribution in [3.63, 3.8) is 0 Å². The smallest absolute Gasteiger partial charge is 0.161 e. The summed E-state index contributed by atoms with van der Waals surface area (Å²) in [7, 11) is 1.80. The fourth-order valence-corrected chi connectivity index (χ4v) is 2.56. The monoisotopic (exact) mass is 281 g/mol. The van der Waals surface area contributed by atoms with E-state index in [0.29, 0.717) is 43.9 Å². The van der Waals surface area contributed by atoms with Crippen LogP contribution < -0.4 is 4.90 Å². The maximum atomic E-state index is 13.3. The van der Waals surface area contributed by atoms with Gasteiger partial charge >= 0.3 is 0 Å². The Kier molecular flexibility index (Phi) is 4.40. The molecule has 0 bridgehead atoms. The first-order chi connectivity index (χ1) is 9.41. The van der Waals surface area contributed by atoms with Crippen molar-refractivity contribution in [1.29, 1.82) is 0 Å². The van der Waals surface area contributed by atoms with E-state index in [1.165, 1.54) is 19.1 Å². The number of ether oxygens (including phenoxy) is 1. The van der Waals surface area contributed by atoms with Crippen molar-refractivity contribution < 1.29 is 19.0 Å². The molecule has 1 aromatic carbocycles. The zero-order chi connectivity index (χ0) is 14.8. The van der Waals surface area contributed by atoms with Crippen LogP contribution in [-0.4, -0.2) is 43.3 Å². The van der Waals surface area contributed by atoms with Gasteiger partial charge < -0.3 is 14.7 Å². The van der Waals surface area contributed by atoms with E-state index in [1.807, 2.05) is 4.90 Å². The van der Waals surface area contributed by atoms with E-state index in [4.69, 9.17) is 4.74 Å². The third-order valence-electron chi connectivity index (χ3n) is 3.70. The highest BCUT2D eigenvalue weighted by molar-refractivity contribution is 5.99. The molecule has 1 aliphatic heterocycles. The van der Waals surface area contributed by atoms with Gasteiger partial charge in [-0.05, 0) is 25.1 Å². The van der Waals surface area contributed by atoms with Gasteiger partial charge in [-0.15, -0.1) is 0 Å². The first-order valence-corrected chi connectivity index (χ1v) is 6.73. The van der Waals surface area contributed by atoms with E-state index < -0.39 is 11.4 Å². The molecule has 0 unspecified atom stereocenters. The molecule has 2 rings (SSSR count). The van der Waals surface area contributed by atoms with Gasteiger partial charge in [0.15, 0.2) is 5.78 Å². The second-order valence-corrected chi connectivity index (χ2v) is 5.41. The summed E-state index contributed by atoms with van der Waals surface area (Å²) in [5, 5.41) is 10.5. The number of aliphatic hydroxyl groups is 1. The van der Waals surface area contributed by atoms with E-state index in [2.05, 4.69) is 0 Å². The van der Waals surface area contributed by atoms with Gasteiger partial charge in [0, 0.05) is 50.9 Å². The van der Waals surface area contributed by atoms with Crippen LogP contribution in [0.3, 0.4) is 0 Å². The standard InChI is InChI=1S/C15H20FNO3/c1-11(18)13-9-12(16)3-4-14(13)17(2)10-15(19)5-7-20-8-6-15/h3-4,9,19H,5-8,10H2,1-2H3. The molecule has 0 radical (unpaired) electrons. The second kappa shape index (κ2) is 5.89. The highest BCUT2D eigenvalue weighted by Gasteiger charge is 2.31. The van der Waals surface area contributed by atoms with Crippen molar-refractivity contribution in [3.05, 3.63) is 29.6 Å². The Hall–Kier alpha value is -1.46. The van der Waals surface area contributed by atoms with Crippen LogP contribution in [-0.2, 0) is 4.74 Å². The second-order valence-electron chi connectivity index (χ2n) is 5.41. The van der Waals surface area contributed by atoms with E-state index in [1.54, 1.807) is 13.1 Å². The number of ketones is 1. The molecule has 1 saturated heterocycles. The Balaban J connectivity index is 2.20. The molecule has 1 fully saturated rings. The molecule has 0 amide bonds. The molecule has 0 saturated carbocycles. The zero-order valence-electron chi connectivity index (χ0n) is 11.9. The molecule has 0 aromatic heterocycles. The quantitative estimate of drug-likeness (QED) is 0.858. The molecule has 0 spiro atoms. The van der Waals surface area contributed by atoms with Gasteiger partial charge in [0.05, 0.1) is 5.60 Å². The topological polar surface area (TPSA) is 49.8 Å². The van der Waals surface area contributed by atoms with Crippen LogP contribution in [0.5, 0.6) is 0 Å². The maximum Gasteiger partial charge on any atom is 0.161 e. The highest BCUT2D eigenvalue weighted by atomic mass is 19.1. The van der Waals surface area contributed by atoms with Crippen molar-refractivity contribution in [2.75, 3.05) is 31.7 Å². The van der Waals surface area contributed by atoms with Crippen LogP contribution in [0, 0.1) is 5.82 Å². The molecule has 1 aliphatic rings. The van der Waals surface area contributed by atoms with Crippen molar-refractivity contribution in [2.45, 2.75) is 25.4 Å². The number of halogens is 1. The van der Waals surface area contributed by atoms with Gasteiger partial charge in [-0.1, -0.05) is 0 Å². The minimum atomic E-state index is -0.824. The summed E-state index contributed by atoms with van der Waals surface area (Å²) in [5.41, 5.74) is 0.150. The lowest BCUT2D eigenvalue weighted by Gasteiger charge is -2.36. The van der Waals surface area contributed by atoms with Crippen LogP contribution >= 0.6 is 0 Å². The maximum absolute atomic E-state index is 13.3. The average Bonchev–Trinajstić information content (AvgIpc) is 2.38. The van der Waals surface area contributed by atoms with Gasteiger partial charge in [0.1, 0.15) is 5.82 Å². The minimum Gasteiger partial charge on any atom is -0.388 e. The average molecular weight is 281 g/mol. The van der Waals surface area contributed by atoms with Gasteiger partial charge in [0.2, 0.25) is 0 Å². The molecule has 110 valence electrons. The van der Waals surface area contributed by atoms with Gasteiger partial charge in [0.25, 0.3) is 0 Å². The fourth-order valence-electron chi connectivity index (χ4n) is 2.56. The summed E-state index contributed by atoms with van der Waals surface area (Å²) in [6, 6.07) is 4.14. The summed E-state index contributed by atoms with van der Waals surface area (Å²) in [5.74, 6) is -0.623. The first-order valence-electron chi connectivity index (χ1n) is 6.73. The molecule has 0 atom stereocenters. The molecule has 1 N–H and O–H groups in total. The number of hydrogen-bond donors (Lipinski definition) is 1. The van der Waals surface area contributed by atoms with E-state index in [-0.39, 0.29) is 5.78 Å². The Bertz CT molecular complexity index is 498. The molecule has 4 nitrogen and oxygen atoms in total. The molecule has 20 heavy (non-hydrogen) atoms. The number of carbonyl (C=O) groups excluding carboxylic acids is 1. The van der Waals surface area contributed by atoms with Crippen LogP contribution in [0.4, 0.5) is 10.1 Å². The van der Waals surface area contributed by atoms with E-state index in [9.17, 15) is 14.3 Å². The number of Topliss-reactive ketones (excluding diaryl/α,β-unsaturated/α-hetero) is 1. The first kappa shape index (κ1) is 14.9. The molecule has 5 heteroatoms. The number of benzene rings is 1. The van der Waals surface area contributed by atoms with Crippen molar-refractivity contribution in [1.82, 2.24) is 0 Å². The summed E-state index contributed by atoms with van der Waals surface area (Å²) >= 11 is 0. The third-order valence-corrected chi connectivity index (χ3v) is 3.70. The largest absolute Gasteiger partial charge is 0.388 e. The van der Waals surface area contributed by atoms with E-state index >= 15 is 0 Å². The van der Waals surface area contributed by atoms with Crippen molar-refractivity contribution >= 4 is 11.5 Å². The van der Waals surface area contributed by atoms with Crippen LogP contribution in [0.25, 0.3) is 0 Å². The fraction of sp³-hybridized carbons (Fsp3) is 0.533. The Morgan fingerprint density at radius 2 is 2.10 bits per heavy atom. The number of anilines is 1. The lowest BCUT2D eigenvalue weighted by Crippen LogP contribution is -2.46. The molecular weight excluding hydrogens is 261 g/mol. The number of likely N-dealkylation sites (N-methyl/N-ethyl adjacent to an activating group) is 1. The third kappa shape index (κ3) is 3.35. The number of nitrogens with zero attached hydrogens (tertiary/aromatic N) is 1. The summed E-state index contributed by atoms with van der Waals surface area (Å²) in [6.07, 6.45) is 1.13. The predicted octanol–water partition coefficient (Wildman–Crippen LogP) is 2.01. The Morgan fingerprint density at radius 1 is 1.45 bits per heavy atom.